The largest absolute Gasteiger partial charge is 0.414 e. The Morgan fingerprint density at radius 2 is 1.41 bits per heavy atom. The number of nitrogens with one attached hydrogen (secondary N) is 1. The summed E-state index contributed by atoms with van der Waals surface area (Å²) in [6.07, 6.45) is 0.0436. The summed E-state index contributed by atoms with van der Waals surface area (Å²) in [6.45, 7) is 21.0. The Kier molecular flexibility index (Phi) is 7.84. The van der Waals surface area contributed by atoms with Gasteiger partial charge in [-0.15, -0.1) is 0 Å². The van der Waals surface area contributed by atoms with E-state index >= 15 is 0 Å². The molecule has 2 fully saturated rings. The summed E-state index contributed by atoms with van der Waals surface area (Å²) >= 11 is 0. The Labute approximate surface area is 170 Å². The maximum absolute atomic E-state index is 7.23. The van der Waals surface area contributed by atoms with Gasteiger partial charge in [0.2, 0.25) is 7.41 Å². The van der Waals surface area contributed by atoms with Crippen LogP contribution in [0.25, 0.3) is 0 Å². The van der Waals surface area contributed by atoms with Crippen LogP contribution in [0.4, 0.5) is 0 Å². The standard InChI is InChI=1S/C19H42BNO4Si2/c1-12(2)26(13(3)4)22-11-17-18(16(9)19(23-17)20-21-10)24-27(25-26,14(5)6)15(7)8/h12-21H,11H2,1-10H3/t16-,17+,18?,19+/m0/s1. The zero-order valence-electron chi connectivity index (χ0n) is 19.2. The Morgan fingerprint density at radius 3 is 1.85 bits per heavy atom. The summed E-state index contributed by atoms with van der Waals surface area (Å²) in [5.74, 6) is 0.325. The van der Waals surface area contributed by atoms with Crippen LogP contribution in [0.3, 0.4) is 0 Å². The van der Waals surface area contributed by atoms with E-state index in [-0.39, 0.29) is 18.2 Å². The van der Waals surface area contributed by atoms with E-state index in [0.29, 0.717) is 34.7 Å². The molecule has 0 aromatic heterocycles. The zero-order valence-corrected chi connectivity index (χ0v) is 21.2. The summed E-state index contributed by atoms with van der Waals surface area (Å²) in [7, 11) is -2.17. The van der Waals surface area contributed by atoms with Gasteiger partial charge in [0.1, 0.15) is 6.10 Å². The first-order valence-corrected chi connectivity index (χ1v) is 14.8. The van der Waals surface area contributed by atoms with Crippen molar-refractivity contribution in [3.63, 3.8) is 0 Å². The van der Waals surface area contributed by atoms with E-state index in [4.69, 9.17) is 17.7 Å². The van der Waals surface area contributed by atoms with Crippen LogP contribution in [-0.2, 0) is 17.7 Å². The molecule has 1 unspecified atom stereocenters. The molecule has 2 heterocycles. The molecule has 2 rings (SSSR count). The molecule has 0 aliphatic carbocycles. The van der Waals surface area contributed by atoms with Gasteiger partial charge in [-0.05, 0) is 29.2 Å². The molecule has 8 heteroatoms. The first kappa shape index (κ1) is 23.6. The average Bonchev–Trinajstić information content (AvgIpc) is 2.82. The van der Waals surface area contributed by atoms with E-state index in [1.807, 2.05) is 7.05 Å². The minimum absolute atomic E-state index is 0.00370. The van der Waals surface area contributed by atoms with Crippen LogP contribution in [0.15, 0.2) is 0 Å². The summed E-state index contributed by atoms with van der Waals surface area (Å²) in [6, 6.07) is 0.159. The highest BCUT2D eigenvalue weighted by molar-refractivity contribution is 6.84. The molecule has 0 saturated carbocycles. The molecule has 0 aromatic rings. The van der Waals surface area contributed by atoms with Crippen molar-refractivity contribution in [3.8, 4) is 0 Å². The van der Waals surface area contributed by atoms with E-state index < -0.39 is 17.1 Å². The fourth-order valence-corrected chi connectivity index (χ4v) is 16.2. The predicted octanol–water partition coefficient (Wildman–Crippen LogP) is 3.87. The molecule has 0 aromatic carbocycles. The van der Waals surface area contributed by atoms with Crippen LogP contribution in [0.1, 0.15) is 62.3 Å². The number of hydrogen-bond acceptors (Lipinski definition) is 5. The third-order valence-electron chi connectivity index (χ3n) is 6.56. The van der Waals surface area contributed by atoms with Crippen LogP contribution in [-0.4, -0.2) is 56.4 Å². The highest BCUT2D eigenvalue weighted by Gasteiger charge is 2.60. The second-order valence-electron chi connectivity index (χ2n) is 9.69. The zero-order chi connectivity index (χ0) is 20.6. The lowest BCUT2D eigenvalue weighted by Gasteiger charge is -2.51. The summed E-state index contributed by atoms with van der Waals surface area (Å²) in [5.41, 5.74) is 1.46. The quantitative estimate of drug-likeness (QED) is 0.668. The Bertz CT molecular complexity index is 476. The van der Waals surface area contributed by atoms with Crippen molar-refractivity contribution < 1.29 is 17.7 Å². The maximum Gasteiger partial charge on any atom is 0.335 e. The van der Waals surface area contributed by atoms with Crippen molar-refractivity contribution in [1.82, 2.24) is 5.23 Å². The van der Waals surface area contributed by atoms with Crippen molar-refractivity contribution in [2.45, 2.75) is 103 Å². The molecule has 2 aliphatic heterocycles. The Morgan fingerprint density at radius 1 is 0.889 bits per heavy atom. The van der Waals surface area contributed by atoms with Gasteiger partial charge >= 0.3 is 17.1 Å². The van der Waals surface area contributed by atoms with Crippen molar-refractivity contribution in [3.05, 3.63) is 0 Å². The van der Waals surface area contributed by atoms with Crippen molar-refractivity contribution in [2.75, 3.05) is 13.7 Å². The molecule has 0 bridgehead atoms. The normalized spacial score (nSPS) is 33.4. The minimum Gasteiger partial charge on any atom is -0.414 e. The van der Waals surface area contributed by atoms with E-state index in [0.717, 1.165) is 7.41 Å². The average molecular weight is 416 g/mol. The van der Waals surface area contributed by atoms with Crippen LogP contribution in [0, 0.1) is 5.92 Å². The van der Waals surface area contributed by atoms with Crippen molar-refractivity contribution in [2.24, 2.45) is 5.92 Å². The lowest BCUT2D eigenvalue weighted by atomic mass is 9.77. The minimum atomic E-state index is -2.52. The molecule has 2 aliphatic rings. The van der Waals surface area contributed by atoms with Crippen molar-refractivity contribution >= 4 is 24.5 Å². The molecule has 158 valence electrons. The molecule has 2 saturated heterocycles. The lowest BCUT2D eigenvalue weighted by Crippen LogP contribution is -2.65. The molecule has 0 amide bonds. The predicted molar refractivity (Wildman–Crippen MR) is 118 cm³/mol. The molecular formula is C19H42BNO4Si2. The summed E-state index contributed by atoms with van der Waals surface area (Å²) in [4.78, 5) is 0. The van der Waals surface area contributed by atoms with Crippen LogP contribution in [0.2, 0.25) is 22.2 Å². The van der Waals surface area contributed by atoms with Gasteiger partial charge in [0.05, 0.1) is 18.7 Å². The van der Waals surface area contributed by atoms with E-state index in [1.54, 1.807) is 0 Å². The second-order valence-corrected chi connectivity index (χ2v) is 18.5. The van der Waals surface area contributed by atoms with Gasteiger partial charge < -0.3 is 22.9 Å². The Balaban J connectivity index is 2.50. The van der Waals surface area contributed by atoms with E-state index in [1.165, 1.54) is 0 Å². The molecule has 5 nitrogen and oxygen atoms in total. The molecule has 0 spiro atoms. The lowest BCUT2D eigenvalue weighted by molar-refractivity contribution is -0.0272. The van der Waals surface area contributed by atoms with Gasteiger partial charge in [-0.1, -0.05) is 62.3 Å². The summed E-state index contributed by atoms with van der Waals surface area (Å²) in [5, 5.41) is 3.27. The second kappa shape index (κ2) is 8.98. The number of ether oxygens (including phenoxy) is 1. The monoisotopic (exact) mass is 415 g/mol. The molecular weight excluding hydrogens is 373 g/mol. The van der Waals surface area contributed by atoms with Gasteiger partial charge in [0.15, 0.2) is 0 Å². The van der Waals surface area contributed by atoms with Crippen LogP contribution in [0.5, 0.6) is 0 Å². The number of fused-ring (bicyclic) bond motifs is 1. The highest BCUT2D eigenvalue weighted by atomic mass is 28.5. The first-order valence-electron chi connectivity index (χ1n) is 10.8. The fourth-order valence-electron chi connectivity index (χ4n) is 4.87. The maximum atomic E-state index is 7.23. The third-order valence-corrected chi connectivity index (χ3v) is 16.8. The molecule has 27 heavy (non-hydrogen) atoms. The van der Waals surface area contributed by atoms with E-state index in [9.17, 15) is 0 Å². The number of rotatable bonds is 6. The molecule has 0 radical (unpaired) electrons. The first-order chi connectivity index (χ1) is 12.5. The molecule has 4 atom stereocenters. The van der Waals surface area contributed by atoms with Gasteiger partial charge in [0.25, 0.3) is 0 Å². The van der Waals surface area contributed by atoms with Gasteiger partial charge in [-0.3, -0.25) is 0 Å². The smallest absolute Gasteiger partial charge is 0.335 e. The van der Waals surface area contributed by atoms with Gasteiger partial charge in [-0.2, -0.15) is 0 Å². The highest BCUT2D eigenvalue weighted by Crippen LogP contribution is 2.48. The summed E-state index contributed by atoms with van der Waals surface area (Å²) < 4.78 is 27.5. The van der Waals surface area contributed by atoms with E-state index in [2.05, 4.69) is 67.5 Å². The fraction of sp³-hybridized carbons (Fsp3) is 1.00. The topological polar surface area (TPSA) is 49.0 Å². The number of hydrogen-bond donors (Lipinski definition) is 1. The van der Waals surface area contributed by atoms with Crippen molar-refractivity contribution in [1.29, 1.82) is 0 Å². The van der Waals surface area contributed by atoms with Crippen LogP contribution >= 0.6 is 0 Å². The Hall–Kier alpha value is 0.299. The SMILES string of the molecule is CNB[C@@H]1O[C@@H]2CO[Si](C(C)C)(C(C)C)O[Si](C(C)C)(C(C)C)OC2[C@@H]1C. The van der Waals surface area contributed by atoms with Crippen LogP contribution < -0.4 is 5.23 Å². The van der Waals surface area contributed by atoms with Gasteiger partial charge in [-0.25, -0.2) is 0 Å². The third kappa shape index (κ3) is 4.27. The molecule has 1 N–H and O–H groups in total. The van der Waals surface area contributed by atoms with Gasteiger partial charge in [0, 0.05) is 5.92 Å².